The van der Waals surface area contributed by atoms with Crippen molar-refractivity contribution in [3.05, 3.63) is 71.8 Å². The number of nitrogens with one attached hydrogen (secondary N) is 1. The molecule has 0 radical (unpaired) electrons. The lowest BCUT2D eigenvalue weighted by atomic mass is 9.82. The molecule has 0 heterocycles. The number of hydrogen-bond acceptors (Lipinski definition) is 5. The summed E-state index contributed by atoms with van der Waals surface area (Å²) in [7, 11) is 3.04. The van der Waals surface area contributed by atoms with E-state index in [9.17, 15) is 0 Å². The Morgan fingerprint density at radius 2 is 0.677 bits per heavy atom. The number of nitrogens with two attached hydrogens (primary N) is 6. The van der Waals surface area contributed by atoms with Gasteiger partial charge in [-0.1, -0.05) is 240 Å². The number of rotatable bonds is 5. The topological polar surface area (TPSA) is 192 Å². The van der Waals surface area contributed by atoms with Crippen LogP contribution in [-0.2, 0) is 0 Å². The minimum atomic E-state index is 0.130. The largest absolute Gasteiger partial charge is 0.388 e. The zero-order valence-electron chi connectivity index (χ0n) is 43.8. The third-order valence-electron chi connectivity index (χ3n) is 11.0. The number of nitrogens with zero attached hydrogens (tertiary/aromatic N) is 1. The molecule has 2 aromatic rings. The van der Waals surface area contributed by atoms with Gasteiger partial charge in [0.25, 0.3) is 0 Å². The average Bonchev–Trinajstić information content (AvgIpc) is 3.27. The van der Waals surface area contributed by atoms with Crippen LogP contribution in [0.25, 0.3) is 0 Å². The lowest BCUT2D eigenvalue weighted by molar-refractivity contribution is 0.279. The fraction of sp³-hybridized carbons (Fsp3) is 0.741. The third-order valence-corrected chi connectivity index (χ3v) is 11.0. The Kier molecular flexibility index (Phi) is 55.7. The molecule has 0 bridgehead atoms. The van der Waals surface area contributed by atoms with Crippen LogP contribution >= 0.6 is 0 Å². The zero-order valence-corrected chi connectivity index (χ0v) is 43.8. The van der Waals surface area contributed by atoms with Crippen LogP contribution in [0, 0.1) is 40.9 Å². The Hall–Kier alpha value is -2.94. The first-order chi connectivity index (χ1) is 29.4. The smallest absolute Gasteiger partial charge is 0.185 e. The lowest BCUT2D eigenvalue weighted by Gasteiger charge is -2.24. The minimum absolute atomic E-state index is 0.130. The van der Waals surface area contributed by atoms with Gasteiger partial charge in [0.05, 0.1) is 5.84 Å². The predicted molar refractivity (Wildman–Crippen MR) is 284 cm³/mol. The molecule has 366 valence electrons. The molecule has 62 heavy (non-hydrogen) atoms. The standard InChI is InChI=1S/3C9H18.2C9H12.C2H7N3.C2H6N2.2C2H7N.CH5N/c5*1-8(2)9-6-4-3-5-7-9;1-5-2(3)4;1-2(3)4;2*1-2-3;1-2/h3*8-9H,3-7H2,1-2H3;2*3-8H,1-2H3;1H3,(H4,3,4,5);1H3,(H3,3,4);2*2-3H2,1H3;2H2,1H3. The molecule has 0 aliphatic heterocycles. The molecule has 0 amide bonds. The van der Waals surface area contributed by atoms with Gasteiger partial charge in [-0.15, -0.1) is 0 Å². The van der Waals surface area contributed by atoms with E-state index in [1.165, 1.54) is 128 Å². The van der Waals surface area contributed by atoms with Crippen molar-refractivity contribution in [3.63, 3.8) is 0 Å². The molecule has 0 aromatic heterocycles. The highest BCUT2D eigenvalue weighted by molar-refractivity contribution is 5.75. The van der Waals surface area contributed by atoms with E-state index < -0.39 is 0 Å². The van der Waals surface area contributed by atoms with E-state index >= 15 is 0 Å². The highest BCUT2D eigenvalue weighted by Crippen LogP contribution is 2.30. The van der Waals surface area contributed by atoms with Crippen molar-refractivity contribution in [2.45, 2.75) is 198 Å². The summed E-state index contributed by atoms with van der Waals surface area (Å²) in [4.78, 5) is 3.36. The van der Waals surface area contributed by atoms with E-state index in [2.05, 4.69) is 128 Å². The number of hydrogen-bond donors (Lipinski definition) is 7. The minimum Gasteiger partial charge on any atom is -0.388 e. The fourth-order valence-electron chi connectivity index (χ4n) is 7.08. The van der Waals surface area contributed by atoms with Crippen molar-refractivity contribution in [1.29, 1.82) is 5.41 Å². The van der Waals surface area contributed by atoms with Crippen molar-refractivity contribution in [3.8, 4) is 0 Å². The highest BCUT2D eigenvalue weighted by atomic mass is 15.0. The third kappa shape index (κ3) is 51.4. The van der Waals surface area contributed by atoms with Crippen molar-refractivity contribution in [2.75, 3.05) is 27.2 Å². The number of benzene rings is 2. The average molecular weight is 872 g/mol. The molecule has 8 heteroatoms. The van der Waals surface area contributed by atoms with E-state index in [0.717, 1.165) is 48.6 Å². The lowest BCUT2D eigenvalue weighted by Crippen LogP contribution is -2.21. The summed E-state index contributed by atoms with van der Waals surface area (Å²) in [5, 5.41) is 6.28. The highest BCUT2D eigenvalue weighted by Gasteiger charge is 2.17. The van der Waals surface area contributed by atoms with Crippen LogP contribution in [0.5, 0.6) is 0 Å². The van der Waals surface area contributed by atoms with Crippen LogP contribution in [0.1, 0.15) is 209 Å². The fourth-order valence-corrected chi connectivity index (χ4v) is 7.08. The molecule has 0 atom stereocenters. The Morgan fingerprint density at radius 3 is 0.774 bits per heavy atom. The maximum Gasteiger partial charge on any atom is 0.185 e. The SMILES string of the molecule is CC(=N)N.CC(C)C1CCCCC1.CC(C)C1CCCCC1.CC(C)C1CCCCC1.CC(C)c1ccccc1.CC(C)c1ccccc1.CCN.CCN.CN.CN=C(N)N. The molecule has 5 rings (SSSR count). The number of guanidine groups is 1. The summed E-state index contributed by atoms with van der Waals surface area (Å²) < 4.78 is 0. The van der Waals surface area contributed by atoms with Crippen LogP contribution in [0.3, 0.4) is 0 Å². The Morgan fingerprint density at radius 1 is 0.500 bits per heavy atom. The quantitative estimate of drug-likeness (QED) is 0.115. The van der Waals surface area contributed by atoms with Crippen LogP contribution in [0.2, 0.25) is 0 Å². The van der Waals surface area contributed by atoms with Crippen LogP contribution in [0.4, 0.5) is 0 Å². The van der Waals surface area contributed by atoms with Crippen molar-refractivity contribution >= 4 is 11.8 Å². The van der Waals surface area contributed by atoms with Gasteiger partial charge in [0.15, 0.2) is 5.96 Å². The summed E-state index contributed by atoms with van der Waals surface area (Å²) in [6.45, 7) is 29.8. The van der Waals surface area contributed by atoms with E-state index in [1.807, 2.05) is 26.0 Å². The monoisotopic (exact) mass is 871 g/mol. The van der Waals surface area contributed by atoms with Gasteiger partial charge in [0, 0.05) is 7.05 Å². The van der Waals surface area contributed by atoms with E-state index in [1.54, 1.807) is 0 Å². The van der Waals surface area contributed by atoms with Crippen molar-refractivity contribution in [1.82, 2.24) is 0 Å². The summed E-state index contributed by atoms with van der Waals surface area (Å²) in [6.07, 6.45) is 22.4. The van der Waals surface area contributed by atoms with E-state index in [4.69, 9.17) is 34.1 Å². The summed E-state index contributed by atoms with van der Waals surface area (Å²) in [6, 6.07) is 21.0. The summed E-state index contributed by atoms with van der Waals surface area (Å²) in [5.41, 5.74) is 31.4. The second-order valence-electron chi connectivity index (χ2n) is 18.2. The first-order valence-corrected chi connectivity index (χ1v) is 24.7. The molecular formula is C54H110N8. The van der Waals surface area contributed by atoms with Gasteiger partial charge in [-0.2, -0.15) is 0 Å². The van der Waals surface area contributed by atoms with Gasteiger partial charge in [-0.05, 0) is 85.5 Å². The molecule has 13 N–H and O–H groups in total. The molecule has 3 fully saturated rings. The second-order valence-corrected chi connectivity index (χ2v) is 18.2. The maximum absolute atomic E-state index is 6.28. The first-order valence-electron chi connectivity index (χ1n) is 24.7. The van der Waals surface area contributed by atoms with E-state index in [0.29, 0.717) is 11.8 Å². The Balaban J connectivity index is -0.000000201. The molecule has 3 aliphatic rings. The Bertz CT molecular complexity index is 1040. The summed E-state index contributed by atoms with van der Waals surface area (Å²) >= 11 is 0. The van der Waals surface area contributed by atoms with Gasteiger partial charge >= 0.3 is 0 Å². The second kappa shape index (κ2) is 50.7. The van der Waals surface area contributed by atoms with Crippen molar-refractivity contribution < 1.29 is 0 Å². The predicted octanol–water partition coefficient (Wildman–Crippen LogP) is 13.6. The normalized spacial score (nSPS) is 14.6. The van der Waals surface area contributed by atoms with Gasteiger partial charge in [-0.3, -0.25) is 10.4 Å². The van der Waals surface area contributed by atoms with Gasteiger partial charge in [0.1, 0.15) is 0 Å². The first kappa shape index (κ1) is 68.1. The van der Waals surface area contributed by atoms with Crippen LogP contribution in [-0.4, -0.2) is 39.0 Å². The number of aliphatic imine (C=N–C) groups is 1. The van der Waals surface area contributed by atoms with E-state index in [-0.39, 0.29) is 11.8 Å². The molecule has 3 aliphatic carbocycles. The summed E-state index contributed by atoms with van der Waals surface area (Å²) in [5.74, 6) is 7.58. The van der Waals surface area contributed by atoms with Gasteiger partial charge < -0.3 is 34.4 Å². The van der Waals surface area contributed by atoms with Gasteiger partial charge in [0.2, 0.25) is 0 Å². The molecule has 3 saturated carbocycles. The molecule has 2 aromatic carbocycles. The molecular weight excluding hydrogens is 761 g/mol. The maximum atomic E-state index is 6.28. The van der Waals surface area contributed by atoms with Crippen LogP contribution in [0.15, 0.2) is 65.7 Å². The zero-order chi connectivity index (χ0) is 48.7. The van der Waals surface area contributed by atoms with Crippen LogP contribution < -0.4 is 34.4 Å². The van der Waals surface area contributed by atoms with Gasteiger partial charge in [-0.25, -0.2) is 0 Å². The molecule has 0 spiro atoms. The number of amidine groups is 1. The Labute approximate surface area is 387 Å². The van der Waals surface area contributed by atoms with Crippen molar-refractivity contribution in [2.24, 2.45) is 74.9 Å². The molecule has 8 nitrogen and oxygen atoms in total. The molecule has 0 saturated heterocycles. The molecule has 0 unspecified atom stereocenters.